The summed E-state index contributed by atoms with van der Waals surface area (Å²) in [7, 11) is -3.01. The number of hydrogen-bond donors (Lipinski definition) is 1. The second-order valence-electron chi connectivity index (χ2n) is 3.75. The lowest BCUT2D eigenvalue weighted by Crippen LogP contribution is -2.25. The van der Waals surface area contributed by atoms with Gasteiger partial charge in [-0.15, -0.1) is 0 Å². The van der Waals surface area contributed by atoms with E-state index in [0.717, 1.165) is 4.31 Å². The van der Waals surface area contributed by atoms with E-state index in [1.165, 1.54) is 7.11 Å². The highest BCUT2D eigenvalue weighted by atomic mass is 32.2. The normalized spacial score (nSPS) is 11.1. The largest absolute Gasteiger partial charge is 0.495 e. The summed E-state index contributed by atoms with van der Waals surface area (Å²) in [5.41, 5.74) is 0.577. The molecule has 0 heterocycles. The molecule has 0 amide bonds. The van der Waals surface area contributed by atoms with Crippen molar-refractivity contribution >= 4 is 21.7 Å². The smallest absolute Gasteiger partial charge is 0.364 e. The third kappa shape index (κ3) is 2.86. The van der Waals surface area contributed by atoms with Crippen LogP contribution in [0.25, 0.3) is 0 Å². The van der Waals surface area contributed by atoms with Crippen molar-refractivity contribution in [2.24, 2.45) is 0 Å². The molecule has 2 aromatic carbocycles. The molecule has 0 radical (unpaired) electrons. The van der Waals surface area contributed by atoms with E-state index in [2.05, 4.69) is 0 Å². The lowest BCUT2D eigenvalue weighted by atomic mass is 10.2. The van der Waals surface area contributed by atoms with Gasteiger partial charge in [-0.1, -0.05) is 30.3 Å². The van der Waals surface area contributed by atoms with E-state index in [1.807, 2.05) is 0 Å². The highest BCUT2D eigenvalue weighted by Gasteiger charge is 2.24. The van der Waals surface area contributed by atoms with Crippen LogP contribution in [0, 0.1) is 0 Å². The number of hydrogen-bond acceptors (Lipinski definition) is 3. The first kappa shape index (κ1) is 13.4. The Morgan fingerprint density at radius 3 is 2.16 bits per heavy atom. The average molecular weight is 279 g/mol. The Morgan fingerprint density at radius 1 is 1.00 bits per heavy atom. The summed E-state index contributed by atoms with van der Waals surface area (Å²) in [5, 5.41) is 0. The van der Waals surface area contributed by atoms with E-state index >= 15 is 0 Å². The van der Waals surface area contributed by atoms with Gasteiger partial charge in [0.05, 0.1) is 12.8 Å². The zero-order valence-corrected chi connectivity index (χ0v) is 11.0. The molecule has 1 N–H and O–H groups in total. The molecule has 0 saturated heterocycles. The second-order valence-corrected chi connectivity index (χ2v) is 5.01. The predicted octanol–water partition coefficient (Wildman–Crippen LogP) is 2.64. The number of anilines is 2. The lowest BCUT2D eigenvalue weighted by Gasteiger charge is -2.22. The molecule has 0 aliphatic carbocycles. The molecule has 0 aliphatic rings. The first-order chi connectivity index (χ1) is 9.04. The van der Waals surface area contributed by atoms with Gasteiger partial charge in [-0.25, -0.2) is 4.31 Å². The molecule has 2 rings (SSSR count). The summed E-state index contributed by atoms with van der Waals surface area (Å²) >= 11 is 0. The number of nitrogens with zero attached hydrogens (tertiary/aromatic N) is 1. The van der Waals surface area contributed by atoms with Crippen LogP contribution in [0.4, 0.5) is 11.4 Å². The Morgan fingerprint density at radius 2 is 1.58 bits per heavy atom. The molecule has 6 heteroatoms. The Bertz CT molecular complexity index is 655. The van der Waals surface area contributed by atoms with E-state index in [-0.39, 0.29) is 5.69 Å². The standard InChI is InChI=1S/C13H13NO4S/c1-18-13-10-6-5-9-12(13)14(19(15,16)17)11-7-3-2-4-8-11/h2-10H,1H3,(H,15,16,17). The molecular formula is C13H13NO4S. The van der Waals surface area contributed by atoms with Gasteiger partial charge in [0, 0.05) is 0 Å². The van der Waals surface area contributed by atoms with Crippen molar-refractivity contribution in [3.05, 3.63) is 54.6 Å². The molecule has 19 heavy (non-hydrogen) atoms. The van der Waals surface area contributed by atoms with Crippen LogP contribution in [-0.2, 0) is 10.3 Å². The van der Waals surface area contributed by atoms with Crippen molar-refractivity contribution in [2.45, 2.75) is 0 Å². The molecule has 100 valence electrons. The van der Waals surface area contributed by atoms with Gasteiger partial charge in [0.25, 0.3) is 0 Å². The van der Waals surface area contributed by atoms with Crippen LogP contribution < -0.4 is 9.04 Å². The molecule has 0 spiro atoms. The third-order valence-electron chi connectivity index (χ3n) is 2.53. The zero-order chi connectivity index (χ0) is 13.9. The minimum Gasteiger partial charge on any atom is -0.495 e. The van der Waals surface area contributed by atoms with Crippen LogP contribution in [0.5, 0.6) is 5.75 Å². The molecule has 2 aromatic rings. The van der Waals surface area contributed by atoms with Gasteiger partial charge < -0.3 is 4.74 Å². The molecule has 0 atom stereocenters. The Balaban J connectivity index is 2.63. The fourth-order valence-corrected chi connectivity index (χ4v) is 2.55. The third-order valence-corrected chi connectivity index (χ3v) is 3.39. The zero-order valence-electron chi connectivity index (χ0n) is 10.2. The van der Waals surface area contributed by atoms with Crippen LogP contribution in [0.15, 0.2) is 54.6 Å². The lowest BCUT2D eigenvalue weighted by molar-refractivity contribution is 0.415. The molecule has 0 fully saturated rings. The number of rotatable bonds is 4. The van der Waals surface area contributed by atoms with Gasteiger partial charge >= 0.3 is 10.3 Å². The summed E-state index contributed by atoms with van der Waals surface area (Å²) in [4.78, 5) is 0. The maximum absolute atomic E-state index is 11.6. The Hall–Kier alpha value is -2.05. The summed E-state index contributed by atoms with van der Waals surface area (Å²) in [6.07, 6.45) is 0. The van der Waals surface area contributed by atoms with Gasteiger partial charge in [0.1, 0.15) is 11.4 Å². The van der Waals surface area contributed by atoms with Gasteiger partial charge in [0.15, 0.2) is 0 Å². The molecule has 0 aromatic heterocycles. The maximum Gasteiger partial charge on any atom is 0.364 e. The highest BCUT2D eigenvalue weighted by molar-refractivity contribution is 7.87. The average Bonchev–Trinajstić information content (AvgIpc) is 2.39. The fourth-order valence-electron chi connectivity index (χ4n) is 1.76. The van der Waals surface area contributed by atoms with Gasteiger partial charge in [-0.05, 0) is 24.3 Å². The van der Waals surface area contributed by atoms with Crippen molar-refractivity contribution in [3.8, 4) is 5.75 Å². The topological polar surface area (TPSA) is 66.8 Å². The van der Waals surface area contributed by atoms with E-state index in [4.69, 9.17) is 4.74 Å². The number of ether oxygens (including phenoxy) is 1. The van der Waals surface area contributed by atoms with E-state index < -0.39 is 10.3 Å². The van der Waals surface area contributed by atoms with Crippen LogP contribution >= 0.6 is 0 Å². The fraction of sp³-hybridized carbons (Fsp3) is 0.0769. The van der Waals surface area contributed by atoms with E-state index in [0.29, 0.717) is 11.4 Å². The van der Waals surface area contributed by atoms with Crippen molar-refractivity contribution in [2.75, 3.05) is 11.4 Å². The van der Waals surface area contributed by atoms with Crippen molar-refractivity contribution < 1.29 is 17.7 Å². The molecule has 5 nitrogen and oxygen atoms in total. The van der Waals surface area contributed by atoms with Gasteiger partial charge in [-0.3, -0.25) is 4.55 Å². The number of para-hydroxylation sites is 3. The molecule has 0 aliphatic heterocycles. The van der Waals surface area contributed by atoms with Gasteiger partial charge in [0.2, 0.25) is 0 Å². The predicted molar refractivity (Wildman–Crippen MR) is 73.1 cm³/mol. The minimum atomic E-state index is -4.45. The number of methoxy groups -OCH3 is 1. The molecule has 0 unspecified atom stereocenters. The first-order valence-electron chi connectivity index (χ1n) is 5.50. The summed E-state index contributed by atoms with van der Waals surface area (Å²) in [5.74, 6) is 0.351. The van der Waals surface area contributed by atoms with Crippen LogP contribution in [0.2, 0.25) is 0 Å². The SMILES string of the molecule is COc1ccccc1N(c1ccccc1)S(=O)(=O)O. The monoisotopic (exact) mass is 279 g/mol. The summed E-state index contributed by atoms with van der Waals surface area (Å²) in [6, 6.07) is 14.9. The van der Waals surface area contributed by atoms with Crippen LogP contribution in [-0.4, -0.2) is 20.1 Å². The molecule has 0 bridgehead atoms. The minimum absolute atomic E-state index is 0.249. The summed E-state index contributed by atoms with van der Waals surface area (Å²) in [6.45, 7) is 0. The Kier molecular flexibility index (Phi) is 3.73. The van der Waals surface area contributed by atoms with Crippen molar-refractivity contribution in [3.63, 3.8) is 0 Å². The van der Waals surface area contributed by atoms with Crippen molar-refractivity contribution in [1.82, 2.24) is 0 Å². The van der Waals surface area contributed by atoms with Crippen LogP contribution in [0.3, 0.4) is 0 Å². The summed E-state index contributed by atoms with van der Waals surface area (Å²) < 4.78 is 38.7. The van der Waals surface area contributed by atoms with E-state index in [1.54, 1.807) is 54.6 Å². The quantitative estimate of drug-likeness (QED) is 0.874. The second kappa shape index (κ2) is 5.29. The van der Waals surface area contributed by atoms with Crippen molar-refractivity contribution in [1.29, 1.82) is 0 Å². The van der Waals surface area contributed by atoms with Crippen LogP contribution in [0.1, 0.15) is 0 Å². The molecule has 0 saturated carbocycles. The number of benzene rings is 2. The van der Waals surface area contributed by atoms with E-state index in [9.17, 15) is 13.0 Å². The maximum atomic E-state index is 11.6. The first-order valence-corrected chi connectivity index (χ1v) is 6.89. The van der Waals surface area contributed by atoms with Gasteiger partial charge in [-0.2, -0.15) is 8.42 Å². The molecular weight excluding hydrogens is 266 g/mol. The Labute approximate surface area is 111 Å². The highest BCUT2D eigenvalue weighted by Crippen LogP contribution is 2.35.